The van der Waals surface area contributed by atoms with E-state index in [4.69, 9.17) is 27.9 Å². The molecule has 8 heteroatoms. The van der Waals surface area contributed by atoms with Gasteiger partial charge in [-0.15, -0.1) is 0 Å². The molecular formula is C24H24Cl2N2O3S. The Kier molecular flexibility index (Phi) is 6.96. The number of hydrogen-bond acceptors (Lipinski definition) is 4. The van der Waals surface area contributed by atoms with Crippen molar-refractivity contribution in [1.82, 2.24) is 0 Å². The van der Waals surface area contributed by atoms with Crippen molar-refractivity contribution in [3.05, 3.63) is 76.8 Å². The zero-order valence-electron chi connectivity index (χ0n) is 17.6. The Labute approximate surface area is 199 Å². The number of methoxy groups -OCH3 is 1. The lowest BCUT2D eigenvalue weighted by Gasteiger charge is -2.33. The third-order valence-electron chi connectivity index (χ3n) is 5.56. The fourth-order valence-electron chi connectivity index (χ4n) is 3.87. The van der Waals surface area contributed by atoms with Gasteiger partial charge in [0.15, 0.2) is 0 Å². The van der Waals surface area contributed by atoms with Gasteiger partial charge in [0, 0.05) is 41.6 Å². The Balaban J connectivity index is 1.47. The molecule has 32 heavy (non-hydrogen) atoms. The van der Waals surface area contributed by atoms with Crippen LogP contribution in [-0.2, 0) is 14.8 Å². The van der Waals surface area contributed by atoms with Crippen LogP contribution in [0.1, 0.15) is 12.8 Å². The first-order chi connectivity index (χ1) is 15.3. The molecule has 3 aromatic rings. The number of sulfonamides is 1. The van der Waals surface area contributed by atoms with Crippen molar-refractivity contribution >= 4 is 44.6 Å². The SMILES string of the molecule is COC1CCCN(c2ccc(NS(=O)(=O)c3ccc(-c4cc(Cl)cc(Cl)c4)cc3)cc2)C1. The molecule has 1 N–H and O–H groups in total. The molecule has 168 valence electrons. The lowest BCUT2D eigenvalue weighted by Crippen LogP contribution is -2.39. The monoisotopic (exact) mass is 490 g/mol. The second kappa shape index (κ2) is 9.71. The number of nitrogens with zero attached hydrogens (tertiary/aromatic N) is 1. The van der Waals surface area contributed by atoms with Crippen LogP contribution in [0.2, 0.25) is 10.0 Å². The summed E-state index contributed by atoms with van der Waals surface area (Å²) in [6.07, 6.45) is 2.37. The number of anilines is 2. The molecule has 1 saturated heterocycles. The maximum atomic E-state index is 12.8. The molecule has 5 nitrogen and oxygen atoms in total. The smallest absolute Gasteiger partial charge is 0.261 e. The second-order valence-electron chi connectivity index (χ2n) is 7.78. The molecule has 0 bridgehead atoms. The summed E-state index contributed by atoms with van der Waals surface area (Å²) < 4.78 is 33.8. The summed E-state index contributed by atoms with van der Waals surface area (Å²) >= 11 is 12.1. The largest absolute Gasteiger partial charge is 0.380 e. The van der Waals surface area contributed by atoms with Gasteiger partial charge < -0.3 is 9.64 Å². The molecule has 0 aromatic heterocycles. The third-order valence-corrected chi connectivity index (χ3v) is 7.39. The minimum Gasteiger partial charge on any atom is -0.380 e. The highest BCUT2D eigenvalue weighted by atomic mass is 35.5. The summed E-state index contributed by atoms with van der Waals surface area (Å²) in [5, 5.41) is 1.05. The van der Waals surface area contributed by atoms with Gasteiger partial charge in [-0.2, -0.15) is 0 Å². The lowest BCUT2D eigenvalue weighted by atomic mass is 10.1. The van der Waals surface area contributed by atoms with E-state index in [2.05, 4.69) is 9.62 Å². The number of hydrogen-bond donors (Lipinski definition) is 1. The van der Waals surface area contributed by atoms with E-state index in [1.807, 2.05) is 12.1 Å². The summed E-state index contributed by atoms with van der Waals surface area (Å²) in [5.74, 6) is 0. The number of piperidine rings is 1. The van der Waals surface area contributed by atoms with Gasteiger partial charge in [-0.1, -0.05) is 35.3 Å². The van der Waals surface area contributed by atoms with E-state index in [1.54, 1.807) is 61.7 Å². The Morgan fingerprint density at radius 2 is 1.59 bits per heavy atom. The molecule has 0 aliphatic carbocycles. The van der Waals surface area contributed by atoms with Crippen molar-refractivity contribution in [1.29, 1.82) is 0 Å². The summed E-state index contributed by atoms with van der Waals surface area (Å²) in [7, 11) is -1.98. The van der Waals surface area contributed by atoms with Crippen LogP contribution < -0.4 is 9.62 Å². The van der Waals surface area contributed by atoms with E-state index in [0.29, 0.717) is 15.7 Å². The van der Waals surface area contributed by atoms with Crippen LogP contribution in [0, 0.1) is 0 Å². The van der Waals surface area contributed by atoms with Crippen molar-refractivity contribution in [3.8, 4) is 11.1 Å². The predicted molar refractivity (Wildman–Crippen MR) is 131 cm³/mol. The van der Waals surface area contributed by atoms with Crippen molar-refractivity contribution in [2.24, 2.45) is 0 Å². The molecule has 1 fully saturated rings. The van der Waals surface area contributed by atoms with Gasteiger partial charge in [0.2, 0.25) is 0 Å². The number of benzene rings is 3. The maximum absolute atomic E-state index is 12.8. The van der Waals surface area contributed by atoms with Crippen molar-refractivity contribution in [2.75, 3.05) is 29.8 Å². The Hall–Kier alpha value is -2.25. The van der Waals surface area contributed by atoms with Gasteiger partial charge in [-0.05, 0) is 78.6 Å². The van der Waals surface area contributed by atoms with Gasteiger partial charge in [0.1, 0.15) is 0 Å². The fraction of sp³-hybridized carbons (Fsp3) is 0.250. The average molecular weight is 491 g/mol. The summed E-state index contributed by atoms with van der Waals surface area (Å²) in [6, 6.07) is 19.3. The first kappa shape index (κ1) is 22.9. The quantitative estimate of drug-likeness (QED) is 0.454. The number of rotatable bonds is 6. The molecule has 0 saturated carbocycles. The summed E-state index contributed by atoms with van der Waals surface area (Å²) in [4.78, 5) is 2.44. The Bertz CT molecular complexity index is 1160. The highest BCUT2D eigenvalue weighted by molar-refractivity contribution is 7.92. The Morgan fingerprint density at radius 3 is 2.22 bits per heavy atom. The number of ether oxygens (including phenoxy) is 1. The molecule has 0 spiro atoms. The van der Waals surface area contributed by atoms with E-state index in [-0.39, 0.29) is 11.0 Å². The normalized spacial score (nSPS) is 16.7. The van der Waals surface area contributed by atoms with Crippen LogP contribution in [0.3, 0.4) is 0 Å². The zero-order valence-corrected chi connectivity index (χ0v) is 19.9. The van der Waals surface area contributed by atoms with Crippen LogP contribution in [0.15, 0.2) is 71.6 Å². The molecule has 1 atom stereocenters. The molecule has 1 heterocycles. The molecule has 1 aliphatic rings. The third kappa shape index (κ3) is 5.38. The molecule has 0 radical (unpaired) electrons. The standard InChI is InChI=1S/C24H24Cl2N2O3S/c1-31-23-3-2-12-28(16-23)22-8-6-21(7-9-22)27-32(29,30)24-10-4-17(5-11-24)18-13-19(25)15-20(26)14-18/h4-11,13-15,23,27H,2-3,12,16H2,1H3. The average Bonchev–Trinajstić information content (AvgIpc) is 2.79. The molecule has 1 unspecified atom stereocenters. The van der Waals surface area contributed by atoms with Gasteiger partial charge in [-0.25, -0.2) is 8.42 Å². The molecular weight excluding hydrogens is 467 g/mol. The molecule has 1 aliphatic heterocycles. The zero-order chi connectivity index (χ0) is 22.7. The van der Waals surface area contributed by atoms with E-state index in [0.717, 1.165) is 42.7 Å². The first-order valence-electron chi connectivity index (χ1n) is 10.3. The van der Waals surface area contributed by atoms with Crippen LogP contribution in [0.4, 0.5) is 11.4 Å². The second-order valence-corrected chi connectivity index (χ2v) is 10.3. The van der Waals surface area contributed by atoms with Crippen molar-refractivity contribution < 1.29 is 13.2 Å². The molecule has 0 amide bonds. The summed E-state index contributed by atoms with van der Waals surface area (Å²) in [5.41, 5.74) is 3.22. The molecule has 3 aromatic carbocycles. The first-order valence-corrected chi connectivity index (χ1v) is 12.5. The van der Waals surface area contributed by atoms with Crippen molar-refractivity contribution in [2.45, 2.75) is 23.8 Å². The number of nitrogens with one attached hydrogen (secondary N) is 1. The highest BCUT2D eigenvalue weighted by Gasteiger charge is 2.20. The van der Waals surface area contributed by atoms with Crippen LogP contribution in [-0.4, -0.2) is 34.7 Å². The van der Waals surface area contributed by atoms with E-state index in [1.165, 1.54) is 0 Å². The highest BCUT2D eigenvalue weighted by Crippen LogP contribution is 2.29. The summed E-state index contributed by atoms with van der Waals surface area (Å²) in [6.45, 7) is 1.81. The minimum absolute atomic E-state index is 0.178. The predicted octanol–water partition coefficient (Wildman–Crippen LogP) is 6.08. The van der Waals surface area contributed by atoms with E-state index in [9.17, 15) is 8.42 Å². The van der Waals surface area contributed by atoms with Gasteiger partial charge in [0.25, 0.3) is 10.0 Å². The van der Waals surface area contributed by atoms with Crippen LogP contribution in [0.5, 0.6) is 0 Å². The number of halogens is 2. The van der Waals surface area contributed by atoms with E-state index < -0.39 is 10.0 Å². The van der Waals surface area contributed by atoms with Crippen molar-refractivity contribution in [3.63, 3.8) is 0 Å². The fourth-order valence-corrected chi connectivity index (χ4v) is 5.45. The van der Waals surface area contributed by atoms with Gasteiger partial charge in [-0.3, -0.25) is 4.72 Å². The van der Waals surface area contributed by atoms with Gasteiger partial charge >= 0.3 is 0 Å². The topological polar surface area (TPSA) is 58.6 Å². The maximum Gasteiger partial charge on any atom is 0.261 e. The Morgan fingerprint density at radius 1 is 0.938 bits per heavy atom. The van der Waals surface area contributed by atoms with Crippen LogP contribution in [0.25, 0.3) is 11.1 Å². The van der Waals surface area contributed by atoms with Gasteiger partial charge in [0.05, 0.1) is 11.0 Å². The van der Waals surface area contributed by atoms with Crippen LogP contribution >= 0.6 is 23.2 Å². The minimum atomic E-state index is -3.71. The molecule has 4 rings (SSSR count). The van der Waals surface area contributed by atoms with E-state index >= 15 is 0 Å². The lowest BCUT2D eigenvalue weighted by molar-refractivity contribution is 0.0893.